The number of hydrogen-bond donors (Lipinski definition) is 1. The average molecular weight is 412 g/mol. The lowest BCUT2D eigenvalue weighted by Gasteiger charge is -2.14. The number of sulfonamides is 1. The van der Waals surface area contributed by atoms with Crippen LogP contribution in [0.3, 0.4) is 0 Å². The van der Waals surface area contributed by atoms with Crippen LogP contribution in [0.5, 0.6) is 0 Å². The van der Waals surface area contributed by atoms with Gasteiger partial charge in [0, 0.05) is 12.7 Å². The largest absolute Gasteiger partial charge is 0.322 e. The summed E-state index contributed by atoms with van der Waals surface area (Å²) in [6, 6.07) is 11.4. The van der Waals surface area contributed by atoms with Gasteiger partial charge < -0.3 is 5.32 Å². The molecule has 1 N–H and O–H groups in total. The normalized spacial score (nSPS) is 12.1. The van der Waals surface area contributed by atoms with Crippen LogP contribution in [0.2, 0.25) is 0 Å². The highest BCUT2D eigenvalue weighted by Crippen LogP contribution is 2.21. The number of carbonyl (C=O) groups is 1. The van der Waals surface area contributed by atoms with E-state index in [1.807, 2.05) is 0 Å². The van der Waals surface area contributed by atoms with E-state index >= 15 is 0 Å². The zero-order valence-electron chi connectivity index (χ0n) is 15.0. The third-order valence-electron chi connectivity index (χ3n) is 3.85. The SMILES string of the molecule is CCS(=O)(=O)c1ccccc1C(=O)Nc1ccc(S(=O)(=O)N(C)OC)cc1. The number of hydroxylamine groups is 1. The molecule has 8 nitrogen and oxygen atoms in total. The Bertz CT molecular complexity index is 1030. The van der Waals surface area contributed by atoms with Crippen molar-refractivity contribution in [3.63, 3.8) is 0 Å². The van der Waals surface area contributed by atoms with Crippen molar-refractivity contribution in [1.82, 2.24) is 4.47 Å². The third kappa shape index (κ3) is 4.53. The lowest BCUT2D eigenvalue weighted by atomic mass is 10.2. The van der Waals surface area contributed by atoms with Crippen molar-refractivity contribution in [3.05, 3.63) is 54.1 Å². The van der Waals surface area contributed by atoms with Crippen LogP contribution in [0, 0.1) is 0 Å². The molecule has 0 fully saturated rings. The molecular weight excluding hydrogens is 392 g/mol. The van der Waals surface area contributed by atoms with Crippen molar-refractivity contribution in [2.45, 2.75) is 16.7 Å². The first kappa shape index (κ1) is 21.0. The number of nitrogens with zero attached hydrogens (tertiary/aromatic N) is 1. The predicted molar refractivity (Wildman–Crippen MR) is 101 cm³/mol. The molecule has 2 aromatic carbocycles. The van der Waals surface area contributed by atoms with Crippen LogP contribution < -0.4 is 5.32 Å². The van der Waals surface area contributed by atoms with E-state index in [0.29, 0.717) is 10.2 Å². The van der Waals surface area contributed by atoms with E-state index in [0.717, 1.165) is 0 Å². The molecule has 0 saturated carbocycles. The summed E-state index contributed by atoms with van der Waals surface area (Å²) >= 11 is 0. The predicted octanol–water partition coefficient (Wildman–Crippen LogP) is 1.91. The minimum atomic E-state index is -3.80. The molecule has 0 aliphatic heterocycles. The van der Waals surface area contributed by atoms with E-state index in [4.69, 9.17) is 4.84 Å². The number of rotatable bonds is 7. The molecule has 1 amide bonds. The highest BCUT2D eigenvalue weighted by molar-refractivity contribution is 7.91. The summed E-state index contributed by atoms with van der Waals surface area (Å²) in [4.78, 5) is 17.1. The molecule has 0 unspecified atom stereocenters. The quantitative estimate of drug-likeness (QED) is 0.696. The zero-order chi connectivity index (χ0) is 20.2. The highest BCUT2D eigenvalue weighted by Gasteiger charge is 2.22. The van der Waals surface area contributed by atoms with Crippen molar-refractivity contribution >= 4 is 31.5 Å². The monoisotopic (exact) mass is 412 g/mol. The van der Waals surface area contributed by atoms with Crippen LogP contribution in [0.1, 0.15) is 17.3 Å². The molecule has 0 radical (unpaired) electrons. The lowest BCUT2D eigenvalue weighted by molar-refractivity contribution is -0.0258. The van der Waals surface area contributed by atoms with E-state index in [1.54, 1.807) is 12.1 Å². The Morgan fingerprint density at radius 1 is 1.04 bits per heavy atom. The van der Waals surface area contributed by atoms with Crippen molar-refractivity contribution in [1.29, 1.82) is 0 Å². The Balaban J connectivity index is 2.28. The van der Waals surface area contributed by atoms with E-state index < -0.39 is 25.8 Å². The molecule has 27 heavy (non-hydrogen) atoms. The number of nitrogens with one attached hydrogen (secondary N) is 1. The third-order valence-corrected chi connectivity index (χ3v) is 7.33. The van der Waals surface area contributed by atoms with E-state index in [1.165, 1.54) is 57.5 Å². The van der Waals surface area contributed by atoms with Crippen LogP contribution in [-0.2, 0) is 24.7 Å². The molecule has 0 atom stereocenters. The molecule has 0 aliphatic rings. The highest BCUT2D eigenvalue weighted by atomic mass is 32.2. The number of carbonyl (C=O) groups excluding carboxylic acids is 1. The first-order valence-electron chi connectivity index (χ1n) is 7.89. The second kappa shape index (κ2) is 8.17. The van der Waals surface area contributed by atoms with Crippen molar-refractivity contribution in [3.8, 4) is 0 Å². The molecule has 0 heterocycles. The van der Waals surface area contributed by atoms with Gasteiger partial charge in [-0.2, -0.15) is 0 Å². The van der Waals surface area contributed by atoms with Crippen molar-refractivity contribution < 1.29 is 26.5 Å². The van der Waals surface area contributed by atoms with Gasteiger partial charge in [0.05, 0.1) is 28.2 Å². The smallest absolute Gasteiger partial charge is 0.264 e. The second-order valence-electron chi connectivity index (χ2n) is 5.48. The molecule has 2 aromatic rings. The van der Waals surface area contributed by atoms with Gasteiger partial charge in [-0.05, 0) is 36.4 Å². The van der Waals surface area contributed by atoms with Crippen molar-refractivity contribution in [2.75, 3.05) is 25.2 Å². The molecule has 10 heteroatoms. The Kier molecular flexibility index (Phi) is 6.37. The van der Waals surface area contributed by atoms with Gasteiger partial charge >= 0.3 is 0 Å². The summed E-state index contributed by atoms with van der Waals surface area (Å²) in [6.07, 6.45) is 0. The maximum atomic E-state index is 12.5. The topological polar surface area (TPSA) is 110 Å². The Morgan fingerprint density at radius 2 is 1.63 bits per heavy atom. The van der Waals surface area contributed by atoms with Crippen LogP contribution in [0.25, 0.3) is 0 Å². The number of benzene rings is 2. The van der Waals surface area contributed by atoms with Gasteiger partial charge in [0.1, 0.15) is 0 Å². The molecule has 0 bridgehead atoms. The lowest BCUT2D eigenvalue weighted by Crippen LogP contribution is -2.25. The standard InChI is InChI=1S/C17H20N2O6S2/c1-4-26(21,22)16-8-6-5-7-15(16)17(20)18-13-9-11-14(12-10-13)27(23,24)19(2)25-3/h5-12H,4H2,1-3H3,(H,18,20). The summed E-state index contributed by atoms with van der Waals surface area (Å²) in [6.45, 7) is 1.50. The van der Waals surface area contributed by atoms with Gasteiger partial charge in [0.2, 0.25) is 0 Å². The van der Waals surface area contributed by atoms with Crippen molar-refractivity contribution in [2.24, 2.45) is 0 Å². The minimum absolute atomic E-state index is 0.0150. The summed E-state index contributed by atoms with van der Waals surface area (Å²) < 4.78 is 49.3. The zero-order valence-corrected chi connectivity index (χ0v) is 16.7. The van der Waals surface area contributed by atoms with Gasteiger partial charge in [0.25, 0.3) is 15.9 Å². The number of amides is 1. The van der Waals surface area contributed by atoms with Gasteiger partial charge in [0.15, 0.2) is 9.84 Å². The fraction of sp³-hybridized carbons (Fsp3) is 0.235. The molecular formula is C17H20N2O6S2. The summed E-state index contributed by atoms with van der Waals surface area (Å²) in [7, 11) is -4.87. The summed E-state index contributed by atoms with van der Waals surface area (Å²) in [5, 5.41) is 2.57. The summed E-state index contributed by atoms with van der Waals surface area (Å²) in [5.41, 5.74) is 0.345. The number of sulfone groups is 1. The molecule has 2 rings (SSSR count). The van der Waals surface area contributed by atoms with Gasteiger partial charge in [-0.25, -0.2) is 16.8 Å². The first-order valence-corrected chi connectivity index (χ1v) is 11.0. The number of anilines is 1. The van der Waals surface area contributed by atoms with Gasteiger partial charge in [-0.15, -0.1) is 0 Å². The fourth-order valence-electron chi connectivity index (χ4n) is 2.24. The van der Waals surface area contributed by atoms with Crippen LogP contribution in [-0.4, -0.2) is 47.1 Å². The van der Waals surface area contributed by atoms with Gasteiger partial charge in [-0.3, -0.25) is 9.63 Å². The summed E-state index contributed by atoms with van der Waals surface area (Å²) in [5.74, 6) is -0.733. The van der Waals surface area contributed by atoms with E-state index in [-0.39, 0.29) is 21.1 Å². The van der Waals surface area contributed by atoms with Gasteiger partial charge in [-0.1, -0.05) is 23.5 Å². The van der Waals surface area contributed by atoms with E-state index in [2.05, 4.69) is 5.32 Å². The molecule has 0 aliphatic carbocycles. The van der Waals surface area contributed by atoms with E-state index in [9.17, 15) is 21.6 Å². The number of hydrogen-bond acceptors (Lipinski definition) is 6. The minimum Gasteiger partial charge on any atom is -0.322 e. The molecule has 146 valence electrons. The first-order chi connectivity index (χ1) is 12.6. The Hall–Kier alpha value is -2.27. The van der Waals surface area contributed by atoms with Crippen LogP contribution in [0.4, 0.5) is 5.69 Å². The fourth-order valence-corrected chi connectivity index (χ4v) is 4.30. The average Bonchev–Trinajstić information content (AvgIpc) is 2.67. The Labute approximate surface area is 158 Å². The van der Waals surface area contributed by atoms with Crippen LogP contribution >= 0.6 is 0 Å². The maximum Gasteiger partial charge on any atom is 0.264 e. The molecule has 0 spiro atoms. The second-order valence-corrected chi connectivity index (χ2v) is 9.66. The molecule has 0 saturated heterocycles. The van der Waals surface area contributed by atoms with Crippen LogP contribution in [0.15, 0.2) is 58.3 Å². The maximum absolute atomic E-state index is 12.5. The Morgan fingerprint density at radius 3 is 2.19 bits per heavy atom. The molecule has 0 aromatic heterocycles.